The molecule has 0 aromatic carbocycles. The zero-order valence-electron chi connectivity index (χ0n) is 16.5. The molecular weight excluding hydrogens is 360 g/mol. The molecule has 0 radical (unpaired) electrons. The molecule has 0 fully saturated rings. The number of aliphatic hydroxyl groups excluding tert-OH is 2. The number of allylic oxidation sites excluding steroid dienone is 6. The van der Waals surface area contributed by atoms with Crippen molar-refractivity contribution in [2.45, 2.75) is 26.1 Å². The van der Waals surface area contributed by atoms with Crippen molar-refractivity contribution >= 4 is 11.8 Å². The minimum atomic E-state index is -0.574. The molecular formula is C22H34O4S. The summed E-state index contributed by atoms with van der Waals surface area (Å²) in [5.41, 5.74) is 1.99. The van der Waals surface area contributed by atoms with Gasteiger partial charge in [0, 0.05) is 11.5 Å². The van der Waals surface area contributed by atoms with E-state index in [1.165, 1.54) is 11.8 Å². The molecule has 2 unspecified atom stereocenters. The van der Waals surface area contributed by atoms with Crippen LogP contribution in [-0.4, -0.2) is 60.4 Å². The molecule has 152 valence electrons. The van der Waals surface area contributed by atoms with Gasteiger partial charge in [-0.05, 0) is 25.0 Å². The van der Waals surface area contributed by atoms with E-state index in [0.717, 1.165) is 11.1 Å². The molecule has 0 aromatic rings. The van der Waals surface area contributed by atoms with Crippen LogP contribution in [0.3, 0.4) is 0 Å². The Morgan fingerprint density at radius 3 is 2.04 bits per heavy atom. The van der Waals surface area contributed by atoms with Gasteiger partial charge in [-0.3, -0.25) is 0 Å². The first-order chi connectivity index (χ1) is 13.1. The summed E-state index contributed by atoms with van der Waals surface area (Å²) in [6.07, 6.45) is 13.8. The smallest absolute Gasteiger partial charge is 0.0863 e. The van der Waals surface area contributed by atoms with E-state index < -0.39 is 12.2 Å². The second-order valence-electron chi connectivity index (χ2n) is 5.81. The van der Waals surface area contributed by atoms with Gasteiger partial charge >= 0.3 is 0 Å². The Bertz CT molecular complexity index is 520. The van der Waals surface area contributed by atoms with Gasteiger partial charge in [-0.2, -0.15) is 11.8 Å². The SMILES string of the molecule is C=C/C=C\C(=C/C)COCC(O)CSCC(O)COC/C(C=C)=C/C=C\C. The molecule has 5 heteroatoms. The van der Waals surface area contributed by atoms with E-state index >= 15 is 0 Å². The molecule has 0 aliphatic heterocycles. The van der Waals surface area contributed by atoms with Gasteiger partial charge in [0.2, 0.25) is 0 Å². The Hall–Kier alpha value is -1.37. The third-order valence-electron chi connectivity index (χ3n) is 3.36. The largest absolute Gasteiger partial charge is 0.390 e. The Morgan fingerprint density at radius 2 is 1.56 bits per heavy atom. The summed E-state index contributed by atoms with van der Waals surface area (Å²) in [4.78, 5) is 0. The maximum atomic E-state index is 9.95. The standard InChI is InChI=1S/C22H34O4S/c1-5-9-11-19(7-3)13-25-15-21(23)17-27-18-22(24)16-26-14-20(8-4)12-10-6-2/h5-12,21-24H,1,4,13-18H2,2-3H3/b10-6-,11-9-,19-7+,20-12+. The highest BCUT2D eigenvalue weighted by Gasteiger charge is 2.09. The zero-order chi connectivity index (χ0) is 20.3. The molecule has 0 aromatic heterocycles. The molecule has 0 spiro atoms. The number of rotatable bonds is 16. The summed E-state index contributed by atoms with van der Waals surface area (Å²) in [6.45, 7) is 12.6. The van der Waals surface area contributed by atoms with E-state index in [4.69, 9.17) is 9.47 Å². The second-order valence-corrected chi connectivity index (χ2v) is 6.88. The maximum Gasteiger partial charge on any atom is 0.0863 e. The highest BCUT2D eigenvalue weighted by atomic mass is 32.2. The van der Waals surface area contributed by atoms with Crippen molar-refractivity contribution in [1.29, 1.82) is 0 Å². The van der Waals surface area contributed by atoms with Crippen molar-refractivity contribution in [1.82, 2.24) is 0 Å². The van der Waals surface area contributed by atoms with Gasteiger partial charge in [0.15, 0.2) is 0 Å². The Balaban J connectivity index is 3.87. The number of thioether (sulfide) groups is 1. The Kier molecular flexibility index (Phi) is 17.1. The van der Waals surface area contributed by atoms with Gasteiger partial charge in [0.05, 0.1) is 38.6 Å². The lowest BCUT2D eigenvalue weighted by Crippen LogP contribution is -2.22. The predicted molar refractivity (Wildman–Crippen MR) is 117 cm³/mol. The fraction of sp³-hybridized carbons (Fsp3) is 0.455. The van der Waals surface area contributed by atoms with Crippen LogP contribution in [0.15, 0.2) is 72.9 Å². The fourth-order valence-corrected chi connectivity index (χ4v) is 2.75. The second kappa shape index (κ2) is 18.0. The number of hydrogen-bond acceptors (Lipinski definition) is 5. The Labute approximate surface area is 168 Å². The quantitative estimate of drug-likeness (QED) is 0.389. The van der Waals surface area contributed by atoms with Gasteiger partial charge in [-0.15, -0.1) is 0 Å². The van der Waals surface area contributed by atoms with Crippen molar-refractivity contribution in [2.24, 2.45) is 0 Å². The number of ether oxygens (including phenoxy) is 2. The van der Waals surface area contributed by atoms with Gasteiger partial charge in [-0.25, -0.2) is 0 Å². The first kappa shape index (κ1) is 25.6. The van der Waals surface area contributed by atoms with Crippen LogP contribution in [0, 0.1) is 0 Å². The lowest BCUT2D eigenvalue weighted by atomic mass is 10.2. The van der Waals surface area contributed by atoms with Crippen LogP contribution in [0.1, 0.15) is 13.8 Å². The molecule has 0 heterocycles. The summed E-state index contributed by atoms with van der Waals surface area (Å²) in [7, 11) is 0. The van der Waals surface area contributed by atoms with Crippen LogP contribution in [0.5, 0.6) is 0 Å². The Morgan fingerprint density at radius 1 is 0.963 bits per heavy atom. The monoisotopic (exact) mass is 394 g/mol. The van der Waals surface area contributed by atoms with Crippen LogP contribution in [0.25, 0.3) is 0 Å². The van der Waals surface area contributed by atoms with Crippen molar-refractivity contribution in [3.8, 4) is 0 Å². The highest BCUT2D eigenvalue weighted by Crippen LogP contribution is 2.08. The minimum Gasteiger partial charge on any atom is -0.390 e. The molecule has 0 aliphatic rings. The van der Waals surface area contributed by atoms with Crippen molar-refractivity contribution in [3.63, 3.8) is 0 Å². The van der Waals surface area contributed by atoms with Crippen LogP contribution in [-0.2, 0) is 9.47 Å². The van der Waals surface area contributed by atoms with E-state index in [9.17, 15) is 10.2 Å². The maximum absolute atomic E-state index is 9.95. The van der Waals surface area contributed by atoms with Gasteiger partial charge < -0.3 is 19.7 Å². The third-order valence-corrected chi connectivity index (χ3v) is 4.60. The van der Waals surface area contributed by atoms with Gasteiger partial charge in [0.1, 0.15) is 0 Å². The van der Waals surface area contributed by atoms with Crippen molar-refractivity contribution < 1.29 is 19.7 Å². The van der Waals surface area contributed by atoms with Gasteiger partial charge in [0.25, 0.3) is 0 Å². The first-order valence-corrected chi connectivity index (χ1v) is 10.2. The average Bonchev–Trinajstić information content (AvgIpc) is 2.67. The van der Waals surface area contributed by atoms with Crippen LogP contribution < -0.4 is 0 Å². The summed E-state index contributed by atoms with van der Waals surface area (Å²) >= 11 is 1.48. The molecule has 27 heavy (non-hydrogen) atoms. The average molecular weight is 395 g/mol. The van der Waals surface area contributed by atoms with Crippen LogP contribution in [0.4, 0.5) is 0 Å². The summed E-state index contributed by atoms with van der Waals surface area (Å²) in [5, 5.41) is 19.9. The zero-order valence-corrected chi connectivity index (χ0v) is 17.4. The van der Waals surface area contributed by atoms with Crippen molar-refractivity contribution in [3.05, 3.63) is 72.9 Å². The number of hydrogen-bond donors (Lipinski definition) is 2. The van der Waals surface area contributed by atoms with Crippen LogP contribution >= 0.6 is 11.8 Å². The molecule has 0 rings (SSSR count). The predicted octanol–water partition coefficient (Wildman–Crippen LogP) is 3.85. The molecule has 0 amide bonds. The molecule has 0 aliphatic carbocycles. The van der Waals surface area contributed by atoms with Gasteiger partial charge in [-0.1, -0.05) is 61.8 Å². The van der Waals surface area contributed by atoms with Crippen LogP contribution in [0.2, 0.25) is 0 Å². The topological polar surface area (TPSA) is 58.9 Å². The molecule has 0 saturated heterocycles. The number of aliphatic hydroxyl groups is 2. The molecule has 0 saturated carbocycles. The fourth-order valence-electron chi connectivity index (χ4n) is 1.88. The van der Waals surface area contributed by atoms with Crippen molar-refractivity contribution in [2.75, 3.05) is 37.9 Å². The van der Waals surface area contributed by atoms with E-state index in [1.54, 1.807) is 12.2 Å². The summed E-state index contributed by atoms with van der Waals surface area (Å²) in [6, 6.07) is 0. The lowest BCUT2D eigenvalue weighted by molar-refractivity contribution is 0.0575. The third kappa shape index (κ3) is 15.4. The molecule has 0 bridgehead atoms. The van der Waals surface area contributed by atoms with E-state index in [-0.39, 0.29) is 13.2 Å². The normalized spacial score (nSPS) is 15.4. The summed E-state index contributed by atoms with van der Waals surface area (Å²) in [5.74, 6) is 1.01. The molecule has 2 N–H and O–H groups in total. The minimum absolute atomic E-state index is 0.251. The first-order valence-electron chi connectivity index (χ1n) is 9.05. The molecule has 4 nitrogen and oxygen atoms in total. The summed E-state index contributed by atoms with van der Waals surface area (Å²) < 4.78 is 11.0. The lowest BCUT2D eigenvalue weighted by Gasteiger charge is -2.14. The van der Waals surface area contributed by atoms with E-state index in [0.29, 0.717) is 24.7 Å². The molecule has 2 atom stereocenters. The van der Waals surface area contributed by atoms with E-state index in [2.05, 4.69) is 13.2 Å². The van der Waals surface area contributed by atoms with E-state index in [1.807, 2.05) is 50.3 Å². The highest BCUT2D eigenvalue weighted by molar-refractivity contribution is 7.99.